The molecule has 4 aliphatic carbocycles. The highest BCUT2D eigenvalue weighted by Crippen LogP contribution is 2.69. The van der Waals surface area contributed by atoms with E-state index in [4.69, 9.17) is 0 Å². The Bertz CT molecular complexity index is 568. The lowest BCUT2D eigenvalue weighted by Crippen LogP contribution is -2.50. The van der Waals surface area contributed by atoms with Crippen LogP contribution in [0.25, 0.3) is 0 Å². The van der Waals surface area contributed by atoms with Crippen LogP contribution in [-0.4, -0.2) is 8.07 Å². The van der Waals surface area contributed by atoms with Crippen molar-refractivity contribution in [2.24, 2.45) is 59.2 Å². The Morgan fingerprint density at radius 1 is 0.548 bits per heavy atom. The summed E-state index contributed by atoms with van der Waals surface area (Å²) in [6.07, 6.45) is 15.9. The zero-order valence-corrected chi connectivity index (χ0v) is 22.9. The van der Waals surface area contributed by atoms with Crippen molar-refractivity contribution in [3.8, 4) is 0 Å². The van der Waals surface area contributed by atoms with Crippen LogP contribution in [0.2, 0.25) is 23.2 Å². The maximum atomic E-state index is 2.75. The molecule has 10 atom stereocenters. The zero-order valence-electron chi connectivity index (χ0n) is 21.9. The largest absolute Gasteiger partial charge is 0.0625 e. The molecule has 5 rings (SSSR count). The van der Waals surface area contributed by atoms with Crippen LogP contribution in [-0.2, 0) is 0 Å². The van der Waals surface area contributed by atoms with E-state index in [0.717, 1.165) is 59.2 Å². The summed E-state index contributed by atoms with van der Waals surface area (Å²) in [7, 11) is -1.24. The summed E-state index contributed by atoms with van der Waals surface area (Å²) in [4.78, 5) is 0. The lowest BCUT2D eigenvalue weighted by molar-refractivity contribution is 0.132. The van der Waals surface area contributed by atoms with Crippen molar-refractivity contribution < 1.29 is 0 Å². The Morgan fingerprint density at radius 2 is 0.968 bits per heavy atom. The molecule has 1 saturated heterocycles. The molecule has 1 heterocycles. The summed E-state index contributed by atoms with van der Waals surface area (Å²) in [5.41, 5.74) is 2.40. The van der Waals surface area contributed by atoms with E-state index in [1.165, 1.54) is 11.1 Å². The van der Waals surface area contributed by atoms with E-state index in [2.05, 4.69) is 41.5 Å². The van der Waals surface area contributed by atoms with Gasteiger partial charge in [0, 0.05) is 0 Å². The van der Waals surface area contributed by atoms with Crippen LogP contribution in [0.4, 0.5) is 0 Å². The average Bonchev–Trinajstić information content (AvgIpc) is 3.41. The third kappa shape index (κ3) is 3.65. The van der Waals surface area contributed by atoms with Gasteiger partial charge in [-0.05, 0) is 95.9 Å². The maximum absolute atomic E-state index is 2.75. The molecule has 0 bridgehead atoms. The molecular formula is C30H54Si. The van der Waals surface area contributed by atoms with Crippen LogP contribution in [0, 0.1) is 59.2 Å². The zero-order chi connectivity index (χ0) is 21.9. The molecule has 0 nitrogen and oxygen atoms in total. The van der Waals surface area contributed by atoms with E-state index in [-0.39, 0.29) is 0 Å². The number of rotatable bonds is 4. The molecule has 178 valence electrons. The van der Waals surface area contributed by atoms with E-state index < -0.39 is 8.07 Å². The van der Waals surface area contributed by atoms with Crippen LogP contribution >= 0.6 is 0 Å². The van der Waals surface area contributed by atoms with Gasteiger partial charge >= 0.3 is 0 Å². The predicted molar refractivity (Wildman–Crippen MR) is 138 cm³/mol. The highest BCUT2D eigenvalue weighted by molar-refractivity contribution is 6.83. The topological polar surface area (TPSA) is 0 Å². The summed E-state index contributed by atoms with van der Waals surface area (Å²) in [6, 6.07) is 3.48. The van der Waals surface area contributed by atoms with Crippen LogP contribution in [0.15, 0.2) is 0 Å². The molecule has 0 spiro atoms. The Morgan fingerprint density at radius 3 is 1.35 bits per heavy atom. The molecule has 1 aliphatic heterocycles. The van der Waals surface area contributed by atoms with Gasteiger partial charge in [0.25, 0.3) is 0 Å². The fraction of sp³-hybridized carbons (Fsp3) is 1.00. The molecule has 5 fully saturated rings. The van der Waals surface area contributed by atoms with Gasteiger partial charge in [-0.2, -0.15) is 0 Å². The van der Waals surface area contributed by atoms with Crippen LogP contribution < -0.4 is 0 Å². The van der Waals surface area contributed by atoms with Crippen molar-refractivity contribution in [2.45, 2.75) is 129 Å². The van der Waals surface area contributed by atoms with Crippen molar-refractivity contribution in [3.63, 3.8) is 0 Å². The standard InChI is InChI=1S/C30H54Si/c1-19(2)23-11-9-13-25-27(23)17-21(5)29(25)31(15-7-8-16-31)30-22(6)18-28-24(20(3)4)12-10-14-26(28)30/h19-30H,7-18H2,1-6H3. The molecule has 0 radical (unpaired) electrons. The summed E-state index contributed by atoms with van der Waals surface area (Å²) >= 11 is 0. The maximum Gasteiger partial charge on any atom is 0.0609 e. The van der Waals surface area contributed by atoms with Gasteiger partial charge in [0.15, 0.2) is 0 Å². The Kier molecular flexibility index (Phi) is 6.51. The van der Waals surface area contributed by atoms with Gasteiger partial charge < -0.3 is 0 Å². The first-order chi connectivity index (χ1) is 14.8. The number of hydrogen-bond donors (Lipinski definition) is 0. The lowest BCUT2D eigenvalue weighted by Gasteiger charge is -2.51. The smallest absolute Gasteiger partial charge is 0.0609 e. The van der Waals surface area contributed by atoms with Gasteiger partial charge in [-0.25, -0.2) is 0 Å². The SMILES string of the molecule is CC(C)C1CCCC2C1CC(C)C2[Si]1(C2C(C)CC3C(C(C)C)CCCC32)CCCC1. The number of fused-ring (bicyclic) bond motifs is 2. The van der Waals surface area contributed by atoms with Crippen LogP contribution in [0.5, 0.6) is 0 Å². The molecule has 0 amide bonds. The van der Waals surface area contributed by atoms with Gasteiger partial charge in [0.2, 0.25) is 0 Å². The van der Waals surface area contributed by atoms with Gasteiger partial charge in [-0.3, -0.25) is 0 Å². The highest BCUT2D eigenvalue weighted by Gasteiger charge is 2.63. The van der Waals surface area contributed by atoms with Gasteiger partial charge in [-0.1, -0.05) is 92.2 Å². The van der Waals surface area contributed by atoms with Crippen molar-refractivity contribution >= 4 is 8.07 Å². The first-order valence-electron chi connectivity index (χ1n) is 14.8. The second-order valence-electron chi connectivity index (χ2n) is 14.3. The van der Waals surface area contributed by atoms with E-state index in [1.807, 2.05) is 0 Å². The van der Waals surface area contributed by atoms with Crippen LogP contribution in [0.3, 0.4) is 0 Å². The second kappa shape index (κ2) is 8.78. The highest BCUT2D eigenvalue weighted by atomic mass is 28.3. The van der Waals surface area contributed by atoms with E-state index in [0.29, 0.717) is 0 Å². The molecule has 0 aromatic carbocycles. The molecule has 10 unspecified atom stereocenters. The molecule has 5 aliphatic rings. The Balaban J connectivity index is 1.49. The van der Waals surface area contributed by atoms with E-state index in [9.17, 15) is 0 Å². The van der Waals surface area contributed by atoms with Gasteiger partial charge in [0.05, 0.1) is 8.07 Å². The summed E-state index contributed by atoms with van der Waals surface area (Å²) in [6.45, 7) is 15.7. The third-order valence-electron chi connectivity index (χ3n) is 12.4. The summed E-state index contributed by atoms with van der Waals surface area (Å²) in [5.74, 6) is 10.5. The minimum absolute atomic E-state index is 0.917. The summed E-state index contributed by atoms with van der Waals surface area (Å²) in [5, 5.41) is 0. The fourth-order valence-electron chi connectivity index (χ4n) is 11.8. The van der Waals surface area contributed by atoms with Gasteiger partial charge in [0.1, 0.15) is 0 Å². The fourth-order valence-corrected chi connectivity index (χ4v) is 20.7. The van der Waals surface area contributed by atoms with Crippen LogP contribution in [0.1, 0.15) is 106 Å². The van der Waals surface area contributed by atoms with Crippen molar-refractivity contribution in [2.75, 3.05) is 0 Å². The van der Waals surface area contributed by atoms with E-state index >= 15 is 0 Å². The molecule has 31 heavy (non-hydrogen) atoms. The summed E-state index contributed by atoms with van der Waals surface area (Å²) < 4.78 is 0. The molecule has 0 aromatic heterocycles. The first kappa shape index (κ1) is 23.0. The van der Waals surface area contributed by atoms with Crippen molar-refractivity contribution in [3.05, 3.63) is 0 Å². The first-order valence-corrected chi connectivity index (χ1v) is 17.4. The minimum atomic E-state index is -1.24. The predicted octanol–water partition coefficient (Wildman–Crippen LogP) is 9.43. The Hall–Kier alpha value is 0.217. The van der Waals surface area contributed by atoms with Gasteiger partial charge in [-0.15, -0.1) is 0 Å². The average molecular weight is 443 g/mol. The molecule has 0 aromatic rings. The molecule has 0 N–H and O–H groups in total. The second-order valence-corrected chi connectivity index (χ2v) is 19.1. The quantitative estimate of drug-likeness (QED) is 0.380. The monoisotopic (exact) mass is 442 g/mol. The van der Waals surface area contributed by atoms with Crippen molar-refractivity contribution in [1.82, 2.24) is 0 Å². The van der Waals surface area contributed by atoms with E-state index in [1.54, 1.807) is 76.3 Å². The number of hydrogen-bond acceptors (Lipinski definition) is 0. The minimum Gasteiger partial charge on any atom is -0.0625 e. The normalized spacial score (nSPS) is 49.5. The Labute approximate surface area is 196 Å². The lowest BCUT2D eigenvalue weighted by atomic mass is 9.69. The molecule has 4 saturated carbocycles. The van der Waals surface area contributed by atoms with Crippen molar-refractivity contribution in [1.29, 1.82) is 0 Å². The molecular weight excluding hydrogens is 388 g/mol. The third-order valence-corrected chi connectivity index (χ3v) is 19.6. The molecule has 1 heteroatoms.